The lowest BCUT2D eigenvalue weighted by atomic mass is 9.98. The molecule has 0 radical (unpaired) electrons. The van der Waals surface area contributed by atoms with Gasteiger partial charge in [0.15, 0.2) is 5.58 Å². The molecule has 6 heteroatoms. The molecule has 1 aromatic heterocycles. The van der Waals surface area contributed by atoms with Gasteiger partial charge in [-0.3, -0.25) is 4.98 Å². The van der Waals surface area contributed by atoms with Crippen molar-refractivity contribution < 1.29 is 9.52 Å². The van der Waals surface area contributed by atoms with Crippen LogP contribution in [0.3, 0.4) is 0 Å². The van der Waals surface area contributed by atoms with E-state index in [1.54, 1.807) is 6.07 Å². The van der Waals surface area contributed by atoms with Gasteiger partial charge in [0.25, 0.3) is 0 Å². The third-order valence-electron chi connectivity index (χ3n) is 3.97. The summed E-state index contributed by atoms with van der Waals surface area (Å²) in [5.41, 5.74) is 8.76. The zero-order chi connectivity index (χ0) is 14.1. The fraction of sp³-hybridized carbons (Fsp3) is 0.500. The van der Waals surface area contributed by atoms with Crippen LogP contribution in [-0.4, -0.2) is 29.3 Å². The maximum atomic E-state index is 11.2. The van der Waals surface area contributed by atoms with Crippen molar-refractivity contribution in [2.24, 2.45) is 0 Å². The summed E-state index contributed by atoms with van der Waals surface area (Å²) in [7, 11) is 0. The average molecular weight is 277 g/mol. The van der Waals surface area contributed by atoms with E-state index in [0.29, 0.717) is 22.8 Å². The minimum atomic E-state index is -0.470. The lowest BCUT2D eigenvalue weighted by molar-refractivity contribution is 0.262. The molecule has 20 heavy (non-hydrogen) atoms. The monoisotopic (exact) mass is 277 g/mol. The molecule has 1 unspecified atom stereocenters. The van der Waals surface area contributed by atoms with E-state index >= 15 is 0 Å². The second kappa shape index (κ2) is 5.20. The van der Waals surface area contributed by atoms with E-state index in [9.17, 15) is 9.90 Å². The molecule has 1 aliphatic heterocycles. The first-order valence-electron chi connectivity index (χ1n) is 6.99. The molecule has 3 rings (SSSR count). The summed E-state index contributed by atoms with van der Waals surface area (Å²) in [6.45, 7) is 1.09. The summed E-state index contributed by atoms with van der Waals surface area (Å²) in [6, 6.07) is 3.85. The number of rotatable bonds is 3. The first-order chi connectivity index (χ1) is 9.69. The molecule has 108 valence electrons. The zero-order valence-electron chi connectivity index (χ0n) is 11.3. The van der Waals surface area contributed by atoms with Crippen LogP contribution in [0.25, 0.3) is 11.1 Å². The number of hydrogen-bond acceptors (Lipinski definition) is 5. The first-order valence-corrected chi connectivity index (χ1v) is 6.99. The number of fused-ring (bicyclic) bond motifs is 1. The summed E-state index contributed by atoms with van der Waals surface area (Å²) in [5, 5.41) is 9.21. The van der Waals surface area contributed by atoms with Gasteiger partial charge in [0, 0.05) is 25.3 Å². The number of nitrogens with two attached hydrogens (primary N) is 1. The van der Waals surface area contributed by atoms with Crippen molar-refractivity contribution in [3.63, 3.8) is 0 Å². The Morgan fingerprint density at radius 2 is 2.30 bits per heavy atom. The Labute approximate surface area is 116 Å². The highest BCUT2D eigenvalue weighted by atomic mass is 16.4. The Balaban J connectivity index is 2.02. The molecule has 1 aliphatic rings. The van der Waals surface area contributed by atoms with E-state index in [-0.39, 0.29) is 6.61 Å². The van der Waals surface area contributed by atoms with Crippen molar-refractivity contribution in [1.82, 2.24) is 4.98 Å². The number of aromatic nitrogens is 1. The number of H-pyrrole nitrogens is 1. The van der Waals surface area contributed by atoms with Crippen LogP contribution in [0.4, 0.5) is 11.4 Å². The molecule has 0 aliphatic carbocycles. The number of oxazole rings is 1. The summed E-state index contributed by atoms with van der Waals surface area (Å²) >= 11 is 0. The van der Waals surface area contributed by atoms with Crippen LogP contribution in [0.15, 0.2) is 21.3 Å². The van der Waals surface area contributed by atoms with E-state index in [2.05, 4.69) is 9.88 Å². The molecule has 0 saturated carbocycles. The number of nitrogens with one attached hydrogen (secondary N) is 1. The maximum absolute atomic E-state index is 11.2. The predicted molar refractivity (Wildman–Crippen MR) is 77.9 cm³/mol. The van der Waals surface area contributed by atoms with Crippen LogP contribution in [0.2, 0.25) is 0 Å². The van der Waals surface area contributed by atoms with Crippen LogP contribution in [0, 0.1) is 0 Å². The van der Waals surface area contributed by atoms with Gasteiger partial charge in [-0.15, -0.1) is 0 Å². The van der Waals surface area contributed by atoms with Crippen molar-refractivity contribution in [1.29, 1.82) is 0 Å². The Morgan fingerprint density at radius 3 is 3.10 bits per heavy atom. The average Bonchev–Trinajstić information content (AvgIpc) is 2.78. The molecular weight excluding hydrogens is 258 g/mol. The number of nitrogen functional groups attached to an aromatic ring is 1. The van der Waals surface area contributed by atoms with Crippen LogP contribution in [0.1, 0.15) is 25.7 Å². The van der Waals surface area contributed by atoms with Gasteiger partial charge in [-0.05, 0) is 31.7 Å². The minimum Gasteiger partial charge on any atom is -0.408 e. The Morgan fingerprint density at radius 1 is 1.45 bits per heavy atom. The van der Waals surface area contributed by atoms with Crippen LogP contribution in [0.5, 0.6) is 0 Å². The van der Waals surface area contributed by atoms with Gasteiger partial charge < -0.3 is 20.2 Å². The van der Waals surface area contributed by atoms with Gasteiger partial charge in [0.1, 0.15) is 0 Å². The molecular formula is C14H19N3O3. The number of aliphatic hydroxyl groups excluding tert-OH is 1. The zero-order valence-corrected chi connectivity index (χ0v) is 11.3. The minimum absolute atomic E-state index is 0.172. The highest BCUT2D eigenvalue weighted by Crippen LogP contribution is 2.33. The van der Waals surface area contributed by atoms with Crippen molar-refractivity contribution in [3.8, 4) is 0 Å². The van der Waals surface area contributed by atoms with E-state index in [0.717, 1.165) is 31.5 Å². The van der Waals surface area contributed by atoms with Crippen molar-refractivity contribution in [3.05, 3.63) is 22.7 Å². The lowest BCUT2D eigenvalue weighted by Gasteiger charge is -2.38. The fourth-order valence-corrected chi connectivity index (χ4v) is 3.02. The maximum Gasteiger partial charge on any atom is 0.417 e. The SMILES string of the molecule is Nc1cc2oc(=O)[nH]c2cc1N1CCCCC1CCO. The quantitative estimate of drug-likeness (QED) is 0.738. The molecule has 0 spiro atoms. The predicted octanol–water partition coefficient (Wildman–Crippen LogP) is 1.44. The summed E-state index contributed by atoms with van der Waals surface area (Å²) in [6.07, 6.45) is 4.08. The largest absolute Gasteiger partial charge is 0.417 e. The lowest BCUT2D eigenvalue weighted by Crippen LogP contribution is -2.40. The second-order valence-electron chi connectivity index (χ2n) is 5.28. The molecule has 4 N–H and O–H groups in total. The topological polar surface area (TPSA) is 95.5 Å². The van der Waals surface area contributed by atoms with Crippen LogP contribution >= 0.6 is 0 Å². The van der Waals surface area contributed by atoms with Gasteiger partial charge in [0.05, 0.1) is 16.9 Å². The number of aliphatic hydroxyl groups is 1. The van der Waals surface area contributed by atoms with Gasteiger partial charge in [0.2, 0.25) is 0 Å². The van der Waals surface area contributed by atoms with E-state index in [1.807, 2.05) is 6.07 Å². The number of benzene rings is 1. The van der Waals surface area contributed by atoms with Crippen LogP contribution < -0.4 is 16.4 Å². The van der Waals surface area contributed by atoms with E-state index in [1.165, 1.54) is 6.42 Å². The smallest absolute Gasteiger partial charge is 0.408 e. The normalized spacial score (nSPS) is 19.6. The van der Waals surface area contributed by atoms with Gasteiger partial charge in [-0.25, -0.2) is 4.79 Å². The number of piperidine rings is 1. The molecule has 0 bridgehead atoms. The van der Waals surface area contributed by atoms with E-state index < -0.39 is 5.76 Å². The van der Waals surface area contributed by atoms with Crippen molar-refractivity contribution in [2.45, 2.75) is 31.7 Å². The molecule has 0 amide bonds. The van der Waals surface area contributed by atoms with Gasteiger partial charge >= 0.3 is 5.76 Å². The molecule has 1 aromatic carbocycles. The Kier molecular flexibility index (Phi) is 3.40. The Hall–Kier alpha value is -1.95. The molecule has 6 nitrogen and oxygen atoms in total. The number of anilines is 2. The second-order valence-corrected chi connectivity index (χ2v) is 5.28. The standard InChI is InChI=1S/C14H19N3O3/c15-10-7-13-11(16-14(19)20-13)8-12(10)17-5-2-1-3-9(17)4-6-18/h7-9,18H,1-6,15H2,(H,16,19). The summed E-state index contributed by atoms with van der Waals surface area (Å²) in [5.74, 6) is -0.470. The molecule has 1 atom stereocenters. The molecule has 2 heterocycles. The third kappa shape index (κ3) is 2.27. The van der Waals surface area contributed by atoms with Crippen molar-refractivity contribution in [2.75, 3.05) is 23.8 Å². The number of aromatic amines is 1. The van der Waals surface area contributed by atoms with Gasteiger partial charge in [-0.2, -0.15) is 0 Å². The highest BCUT2D eigenvalue weighted by Gasteiger charge is 2.24. The van der Waals surface area contributed by atoms with Crippen LogP contribution in [-0.2, 0) is 0 Å². The molecule has 2 aromatic rings. The number of hydrogen-bond donors (Lipinski definition) is 3. The van der Waals surface area contributed by atoms with Gasteiger partial charge in [-0.1, -0.05) is 0 Å². The summed E-state index contributed by atoms with van der Waals surface area (Å²) in [4.78, 5) is 16.1. The fourth-order valence-electron chi connectivity index (χ4n) is 3.02. The first kappa shape index (κ1) is 13.1. The molecule has 1 fully saturated rings. The third-order valence-corrected chi connectivity index (χ3v) is 3.97. The summed E-state index contributed by atoms with van der Waals surface area (Å²) < 4.78 is 5.02. The Bertz CT molecular complexity index is 659. The highest BCUT2D eigenvalue weighted by molar-refractivity contribution is 5.85. The van der Waals surface area contributed by atoms with Crippen molar-refractivity contribution >= 4 is 22.5 Å². The number of nitrogens with zero attached hydrogens (tertiary/aromatic N) is 1. The molecule has 1 saturated heterocycles. The van der Waals surface area contributed by atoms with E-state index in [4.69, 9.17) is 10.2 Å².